The van der Waals surface area contributed by atoms with Crippen molar-refractivity contribution in [2.24, 2.45) is 0 Å². The van der Waals surface area contributed by atoms with Crippen LogP contribution in [0.15, 0.2) is 12.2 Å². The predicted octanol–water partition coefficient (Wildman–Crippen LogP) is 18.6. The number of carbonyl (C=O) groups excluding carboxylic acids is 2. The maximum absolute atomic E-state index is 12.8. The van der Waals surface area contributed by atoms with Crippen LogP contribution in [-0.2, 0) is 23.8 Å². The SMILES string of the molecule is CCCCCCCC/C=C\CCCCCCCCCC(=O)OC[C@@H](COCCCCCCCCCCCCCCCCCC)OC(=O)CCCCCCCCCCCCCC. The van der Waals surface area contributed by atoms with Crippen molar-refractivity contribution in [3.05, 3.63) is 12.2 Å². The van der Waals surface area contributed by atoms with Gasteiger partial charge >= 0.3 is 11.9 Å². The molecule has 0 aliphatic rings. The molecule has 0 aromatic carbocycles. The molecule has 0 aromatic rings. The Morgan fingerprint density at radius 2 is 0.639 bits per heavy atom. The standard InChI is InChI=1S/C56H108O5/c1-4-7-10-13-16-19-22-25-27-29-30-32-35-37-40-43-46-49-55(57)60-53-54(61-56(58)50-47-44-41-38-34-24-21-18-15-12-9-6-3)52-59-51-48-45-42-39-36-33-31-28-26-23-20-17-14-11-8-5-2/h25,27,54H,4-24,26,28-53H2,1-3H3/b27-25-/t54-/m1/s1. The Bertz CT molecular complexity index is 886. The monoisotopic (exact) mass is 861 g/mol. The van der Waals surface area contributed by atoms with Crippen molar-refractivity contribution in [1.82, 2.24) is 0 Å². The zero-order valence-electron chi connectivity index (χ0n) is 41.7. The van der Waals surface area contributed by atoms with Crippen molar-refractivity contribution in [1.29, 1.82) is 0 Å². The molecule has 362 valence electrons. The van der Waals surface area contributed by atoms with Gasteiger partial charge < -0.3 is 14.2 Å². The molecule has 0 spiro atoms. The lowest BCUT2D eigenvalue weighted by Gasteiger charge is -2.18. The van der Waals surface area contributed by atoms with Crippen LogP contribution in [0.5, 0.6) is 0 Å². The predicted molar refractivity (Wildman–Crippen MR) is 266 cm³/mol. The average molecular weight is 861 g/mol. The number of rotatable bonds is 52. The normalized spacial score (nSPS) is 12.1. The molecule has 0 fully saturated rings. The van der Waals surface area contributed by atoms with Crippen molar-refractivity contribution in [2.75, 3.05) is 19.8 Å². The first-order chi connectivity index (χ1) is 30.1. The van der Waals surface area contributed by atoms with Crippen LogP contribution in [0.2, 0.25) is 0 Å². The third-order valence-electron chi connectivity index (χ3n) is 12.6. The summed E-state index contributed by atoms with van der Waals surface area (Å²) in [7, 11) is 0. The van der Waals surface area contributed by atoms with Crippen LogP contribution >= 0.6 is 0 Å². The number of esters is 2. The van der Waals surface area contributed by atoms with Gasteiger partial charge in [-0.25, -0.2) is 0 Å². The largest absolute Gasteiger partial charge is 0.462 e. The van der Waals surface area contributed by atoms with Crippen molar-refractivity contribution < 1.29 is 23.8 Å². The Kier molecular flexibility index (Phi) is 51.8. The molecule has 5 heteroatoms. The van der Waals surface area contributed by atoms with Crippen LogP contribution in [0.25, 0.3) is 0 Å². The van der Waals surface area contributed by atoms with Crippen molar-refractivity contribution >= 4 is 11.9 Å². The molecule has 1 atom stereocenters. The molecule has 0 aliphatic carbocycles. The Labute approximate surface area is 382 Å². The van der Waals surface area contributed by atoms with Crippen molar-refractivity contribution in [3.63, 3.8) is 0 Å². The lowest BCUT2D eigenvalue weighted by molar-refractivity contribution is -0.163. The maximum atomic E-state index is 12.8. The van der Waals surface area contributed by atoms with Gasteiger partial charge in [0.25, 0.3) is 0 Å². The molecule has 0 rings (SSSR count). The second-order valence-corrected chi connectivity index (χ2v) is 18.9. The fourth-order valence-electron chi connectivity index (χ4n) is 8.39. The number of allylic oxidation sites excluding steroid dienone is 2. The van der Waals surface area contributed by atoms with E-state index < -0.39 is 6.10 Å². The molecule has 0 saturated carbocycles. The number of unbranched alkanes of at least 4 members (excludes halogenated alkanes) is 39. The molecule has 0 unspecified atom stereocenters. The van der Waals surface area contributed by atoms with Gasteiger partial charge in [0, 0.05) is 19.4 Å². The molecule has 0 aliphatic heterocycles. The highest BCUT2D eigenvalue weighted by Gasteiger charge is 2.17. The zero-order valence-corrected chi connectivity index (χ0v) is 41.7. The van der Waals surface area contributed by atoms with Gasteiger partial charge in [-0.2, -0.15) is 0 Å². The van der Waals surface area contributed by atoms with Crippen LogP contribution < -0.4 is 0 Å². The van der Waals surface area contributed by atoms with E-state index in [1.807, 2.05) is 0 Å². The molecular formula is C56H108O5. The summed E-state index contributed by atoms with van der Waals surface area (Å²) in [4.78, 5) is 25.4. The van der Waals surface area contributed by atoms with Gasteiger partial charge in [0.15, 0.2) is 6.10 Å². The number of ether oxygens (including phenoxy) is 3. The summed E-state index contributed by atoms with van der Waals surface area (Å²) in [6, 6.07) is 0. The molecule has 0 heterocycles. The molecule has 0 radical (unpaired) electrons. The molecule has 5 nitrogen and oxygen atoms in total. The second-order valence-electron chi connectivity index (χ2n) is 18.9. The first-order valence-corrected chi connectivity index (χ1v) is 27.7. The lowest BCUT2D eigenvalue weighted by atomic mass is 10.0. The highest BCUT2D eigenvalue weighted by Crippen LogP contribution is 2.16. The summed E-state index contributed by atoms with van der Waals surface area (Å²) in [5, 5.41) is 0. The van der Waals surface area contributed by atoms with Crippen LogP contribution in [0.1, 0.15) is 310 Å². The van der Waals surface area contributed by atoms with E-state index in [-0.39, 0.29) is 18.5 Å². The van der Waals surface area contributed by atoms with Gasteiger partial charge in [-0.1, -0.05) is 264 Å². The lowest BCUT2D eigenvalue weighted by Crippen LogP contribution is -2.30. The first-order valence-electron chi connectivity index (χ1n) is 27.7. The smallest absolute Gasteiger partial charge is 0.306 e. The van der Waals surface area contributed by atoms with E-state index in [1.165, 1.54) is 244 Å². The molecule has 0 saturated heterocycles. The molecule has 0 aromatic heterocycles. The molecule has 0 bridgehead atoms. The van der Waals surface area contributed by atoms with E-state index in [0.29, 0.717) is 26.1 Å². The summed E-state index contributed by atoms with van der Waals surface area (Å²) in [6.45, 7) is 7.89. The Hall–Kier alpha value is -1.36. The first kappa shape index (κ1) is 59.6. The van der Waals surface area contributed by atoms with Crippen LogP contribution in [0, 0.1) is 0 Å². The number of carbonyl (C=O) groups is 2. The average Bonchev–Trinajstić information content (AvgIpc) is 3.26. The summed E-state index contributed by atoms with van der Waals surface area (Å²) in [6.07, 6.45) is 60.8. The third-order valence-corrected chi connectivity index (χ3v) is 12.6. The molecular weight excluding hydrogens is 753 g/mol. The number of hydrogen-bond acceptors (Lipinski definition) is 5. The second kappa shape index (κ2) is 53.0. The van der Waals surface area contributed by atoms with Crippen LogP contribution in [-0.4, -0.2) is 37.9 Å². The summed E-state index contributed by atoms with van der Waals surface area (Å²) in [5.41, 5.74) is 0. The number of hydrogen-bond donors (Lipinski definition) is 0. The van der Waals surface area contributed by atoms with Crippen molar-refractivity contribution in [3.8, 4) is 0 Å². The quantitative estimate of drug-likeness (QED) is 0.0346. The highest BCUT2D eigenvalue weighted by molar-refractivity contribution is 5.70. The van der Waals surface area contributed by atoms with Gasteiger partial charge in [-0.3, -0.25) is 9.59 Å². The Morgan fingerprint density at radius 3 is 1.00 bits per heavy atom. The Balaban J connectivity index is 4.18. The Morgan fingerprint density at radius 1 is 0.344 bits per heavy atom. The summed E-state index contributed by atoms with van der Waals surface area (Å²) in [5.74, 6) is -0.379. The summed E-state index contributed by atoms with van der Waals surface area (Å²) >= 11 is 0. The molecule has 0 amide bonds. The van der Waals surface area contributed by atoms with E-state index in [0.717, 1.165) is 32.1 Å². The van der Waals surface area contributed by atoms with Gasteiger partial charge in [0.05, 0.1) is 6.61 Å². The van der Waals surface area contributed by atoms with Crippen molar-refractivity contribution in [2.45, 2.75) is 316 Å². The van der Waals surface area contributed by atoms with Crippen LogP contribution in [0.3, 0.4) is 0 Å². The van der Waals surface area contributed by atoms with E-state index in [9.17, 15) is 9.59 Å². The van der Waals surface area contributed by atoms with Crippen LogP contribution in [0.4, 0.5) is 0 Å². The highest BCUT2D eigenvalue weighted by atomic mass is 16.6. The van der Waals surface area contributed by atoms with Gasteiger partial charge in [0.2, 0.25) is 0 Å². The van der Waals surface area contributed by atoms with Gasteiger partial charge in [-0.15, -0.1) is 0 Å². The minimum Gasteiger partial charge on any atom is -0.462 e. The minimum absolute atomic E-state index is 0.0926. The zero-order chi connectivity index (χ0) is 44.2. The van der Waals surface area contributed by atoms with E-state index in [4.69, 9.17) is 14.2 Å². The topological polar surface area (TPSA) is 61.8 Å². The van der Waals surface area contributed by atoms with Gasteiger partial charge in [-0.05, 0) is 44.9 Å². The van der Waals surface area contributed by atoms with E-state index in [1.54, 1.807) is 0 Å². The summed E-state index contributed by atoms with van der Waals surface area (Å²) < 4.78 is 17.5. The maximum Gasteiger partial charge on any atom is 0.306 e. The van der Waals surface area contributed by atoms with Gasteiger partial charge in [0.1, 0.15) is 6.61 Å². The van der Waals surface area contributed by atoms with E-state index in [2.05, 4.69) is 32.9 Å². The third kappa shape index (κ3) is 51.2. The fraction of sp³-hybridized carbons (Fsp3) is 0.929. The minimum atomic E-state index is -0.528. The molecule has 61 heavy (non-hydrogen) atoms. The molecule has 0 N–H and O–H groups in total. The fourth-order valence-corrected chi connectivity index (χ4v) is 8.39. The van der Waals surface area contributed by atoms with E-state index >= 15 is 0 Å².